The monoisotopic (exact) mass is 429 g/mol. The van der Waals surface area contributed by atoms with Gasteiger partial charge < -0.3 is 5.32 Å². The molecule has 0 aliphatic carbocycles. The van der Waals surface area contributed by atoms with Crippen LogP contribution in [0, 0.1) is 6.92 Å². The van der Waals surface area contributed by atoms with Crippen LogP contribution in [-0.2, 0) is 10.0 Å². The minimum absolute atomic E-state index is 0.0545. The zero-order valence-electron chi connectivity index (χ0n) is 15.8. The number of nitrogens with one attached hydrogen (secondary N) is 1. The number of halogens is 1. The molecule has 0 bridgehead atoms. The fourth-order valence-electron chi connectivity index (χ4n) is 2.66. The Kier molecular flexibility index (Phi) is 7.39. The Bertz CT molecular complexity index is 908. The number of aromatic nitrogens is 1. The van der Waals surface area contributed by atoms with Crippen molar-refractivity contribution in [3.8, 4) is 0 Å². The first-order valence-electron chi connectivity index (χ1n) is 8.77. The lowest BCUT2D eigenvalue weighted by Gasteiger charge is -2.19. The summed E-state index contributed by atoms with van der Waals surface area (Å²) in [5.74, 6) is -0.420. The fraction of sp³-hybridized carbons (Fsp3) is 0.444. The highest BCUT2D eigenvalue weighted by atomic mass is 35.5. The van der Waals surface area contributed by atoms with Gasteiger partial charge in [-0.2, -0.15) is 4.31 Å². The van der Waals surface area contributed by atoms with E-state index in [-0.39, 0.29) is 21.5 Å². The molecule has 2 rings (SSSR count). The lowest BCUT2D eigenvalue weighted by atomic mass is 10.1. The van der Waals surface area contributed by atoms with Gasteiger partial charge in [0, 0.05) is 24.2 Å². The molecule has 1 amide bonds. The maximum atomic E-state index is 12.8. The van der Waals surface area contributed by atoms with Crippen molar-refractivity contribution in [3.63, 3.8) is 0 Å². The molecular formula is C18H24ClN3O3S2. The molecule has 1 N–H and O–H groups in total. The maximum absolute atomic E-state index is 12.8. The molecule has 1 unspecified atom stereocenters. The number of carbonyl (C=O) groups is 1. The van der Waals surface area contributed by atoms with Crippen LogP contribution in [0.4, 0.5) is 0 Å². The van der Waals surface area contributed by atoms with E-state index in [1.807, 2.05) is 19.2 Å². The van der Waals surface area contributed by atoms with E-state index in [0.29, 0.717) is 19.5 Å². The van der Waals surface area contributed by atoms with Crippen LogP contribution in [0.1, 0.15) is 54.3 Å². The highest BCUT2D eigenvalue weighted by Gasteiger charge is 2.25. The third-order valence-corrected chi connectivity index (χ3v) is 7.63. The Morgan fingerprint density at radius 2 is 1.96 bits per heavy atom. The Labute approximate surface area is 169 Å². The number of rotatable bonds is 8. The highest BCUT2D eigenvalue weighted by molar-refractivity contribution is 7.89. The normalized spacial score (nSPS) is 13.0. The van der Waals surface area contributed by atoms with Crippen molar-refractivity contribution in [2.45, 2.75) is 45.1 Å². The third-order valence-electron chi connectivity index (χ3n) is 4.17. The smallest absolute Gasteiger partial charge is 0.253 e. The zero-order valence-corrected chi connectivity index (χ0v) is 18.2. The molecule has 0 radical (unpaired) electrons. The van der Waals surface area contributed by atoms with Crippen molar-refractivity contribution in [1.29, 1.82) is 0 Å². The van der Waals surface area contributed by atoms with Crippen LogP contribution in [0.2, 0.25) is 5.02 Å². The van der Waals surface area contributed by atoms with Gasteiger partial charge >= 0.3 is 0 Å². The summed E-state index contributed by atoms with van der Waals surface area (Å²) in [6, 6.07) is 3.95. The number of hydrogen-bond donors (Lipinski definition) is 1. The van der Waals surface area contributed by atoms with Crippen molar-refractivity contribution < 1.29 is 13.2 Å². The van der Waals surface area contributed by atoms with Gasteiger partial charge in [-0.15, -0.1) is 11.3 Å². The summed E-state index contributed by atoms with van der Waals surface area (Å²) in [7, 11) is -3.67. The molecule has 27 heavy (non-hydrogen) atoms. The molecule has 1 aromatic heterocycles. The van der Waals surface area contributed by atoms with Crippen LogP contribution in [0.5, 0.6) is 0 Å². The Balaban J connectivity index is 2.33. The van der Waals surface area contributed by atoms with Gasteiger partial charge in [-0.05, 0) is 31.5 Å². The summed E-state index contributed by atoms with van der Waals surface area (Å²) >= 11 is 7.66. The summed E-state index contributed by atoms with van der Waals surface area (Å²) in [6.07, 6.45) is 0.660. The predicted octanol–water partition coefficient (Wildman–Crippen LogP) is 4.02. The van der Waals surface area contributed by atoms with Gasteiger partial charge in [-0.3, -0.25) is 4.79 Å². The standard InChI is InChI=1S/C18H24ClN3O3S2/c1-5-16(18-20-12(4)11-26-18)21-17(23)14-10-13(8-9-15(14)19)27(24,25)22(6-2)7-3/h8-11,16H,5-7H2,1-4H3,(H,21,23). The molecule has 0 aliphatic heterocycles. The molecule has 0 saturated carbocycles. The van der Waals surface area contributed by atoms with E-state index < -0.39 is 15.9 Å². The Morgan fingerprint density at radius 1 is 1.30 bits per heavy atom. The van der Waals surface area contributed by atoms with Crippen LogP contribution >= 0.6 is 22.9 Å². The largest absolute Gasteiger partial charge is 0.343 e. The first kappa shape index (κ1) is 21.8. The molecule has 1 heterocycles. The maximum Gasteiger partial charge on any atom is 0.253 e. The van der Waals surface area contributed by atoms with Crippen LogP contribution in [-0.4, -0.2) is 36.7 Å². The van der Waals surface area contributed by atoms with Crippen molar-refractivity contribution in [1.82, 2.24) is 14.6 Å². The molecule has 1 atom stereocenters. The summed E-state index contributed by atoms with van der Waals surface area (Å²) in [4.78, 5) is 17.3. The Morgan fingerprint density at radius 3 is 2.48 bits per heavy atom. The average Bonchev–Trinajstić information content (AvgIpc) is 3.06. The van der Waals surface area contributed by atoms with E-state index in [9.17, 15) is 13.2 Å². The van der Waals surface area contributed by atoms with Gasteiger partial charge in [-0.25, -0.2) is 13.4 Å². The molecule has 148 valence electrons. The van der Waals surface area contributed by atoms with Crippen LogP contribution < -0.4 is 5.32 Å². The van der Waals surface area contributed by atoms with Crippen LogP contribution in [0.15, 0.2) is 28.5 Å². The molecule has 0 fully saturated rings. The number of aryl methyl sites for hydroxylation is 1. The van der Waals surface area contributed by atoms with Gasteiger partial charge in [0.15, 0.2) is 0 Å². The quantitative estimate of drug-likeness (QED) is 0.687. The number of benzene rings is 1. The summed E-state index contributed by atoms with van der Waals surface area (Å²) in [6.45, 7) is 8.09. The molecule has 0 aliphatic rings. The van der Waals surface area contributed by atoms with E-state index in [2.05, 4.69) is 10.3 Å². The van der Waals surface area contributed by atoms with Gasteiger partial charge in [0.25, 0.3) is 5.91 Å². The molecular weight excluding hydrogens is 406 g/mol. The van der Waals surface area contributed by atoms with Crippen molar-refractivity contribution >= 4 is 38.9 Å². The van der Waals surface area contributed by atoms with Crippen molar-refractivity contribution in [2.75, 3.05) is 13.1 Å². The van der Waals surface area contributed by atoms with Gasteiger partial charge in [-0.1, -0.05) is 32.4 Å². The van der Waals surface area contributed by atoms with Crippen LogP contribution in [0.25, 0.3) is 0 Å². The SMILES string of the molecule is CCC(NC(=O)c1cc(S(=O)(=O)N(CC)CC)ccc1Cl)c1nc(C)cs1. The van der Waals surface area contributed by atoms with E-state index in [0.717, 1.165) is 10.7 Å². The van der Waals surface area contributed by atoms with Crippen molar-refractivity contribution in [2.24, 2.45) is 0 Å². The van der Waals surface area contributed by atoms with Crippen molar-refractivity contribution in [3.05, 3.63) is 44.9 Å². The van der Waals surface area contributed by atoms with E-state index in [1.54, 1.807) is 13.8 Å². The second kappa shape index (κ2) is 9.14. The fourth-order valence-corrected chi connectivity index (χ4v) is 5.28. The lowest BCUT2D eigenvalue weighted by Crippen LogP contribution is -2.31. The molecule has 0 spiro atoms. The number of nitrogens with zero attached hydrogens (tertiary/aromatic N) is 2. The van der Waals surface area contributed by atoms with Gasteiger partial charge in [0.1, 0.15) is 5.01 Å². The summed E-state index contributed by atoms with van der Waals surface area (Å²) < 4.78 is 26.8. The summed E-state index contributed by atoms with van der Waals surface area (Å²) in [5, 5.41) is 5.85. The minimum atomic E-state index is -3.67. The van der Waals surface area contributed by atoms with Gasteiger partial charge in [0.2, 0.25) is 10.0 Å². The number of sulfonamides is 1. The number of thiazole rings is 1. The first-order chi connectivity index (χ1) is 12.7. The predicted molar refractivity (Wildman–Crippen MR) is 109 cm³/mol. The zero-order chi connectivity index (χ0) is 20.2. The molecule has 2 aromatic rings. The van der Waals surface area contributed by atoms with E-state index in [1.165, 1.54) is 33.8 Å². The highest BCUT2D eigenvalue weighted by Crippen LogP contribution is 2.25. The Hall–Kier alpha value is -1.48. The number of carbonyl (C=O) groups excluding carboxylic acids is 1. The van der Waals surface area contributed by atoms with Crippen LogP contribution in [0.3, 0.4) is 0 Å². The second-order valence-corrected chi connectivity index (χ2v) is 9.23. The van der Waals surface area contributed by atoms with E-state index in [4.69, 9.17) is 11.6 Å². The molecule has 1 aromatic carbocycles. The van der Waals surface area contributed by atoms with Gasteiger partial charge in [0.05, 0.1) is 21.5 Å². The number of hydrogen-bond acceptors (Lipinski definition) is 5. The number of amides is 1. The third kappa shape index (κ3) is 4.87. The molecule has 6 nitrogen and oxygen atoms in total. The van der Waals surface area contributed by atoms with E-state index >= 15 is 0 Å². The minimum Gasteiger partial charge on any atom is -0.343 e. The molecule has 0 saturated heterocycles. The first-order valence-corrected chi connectivity index (χ1v) is 11.5. The lowest BCUT2D eigenvalue weighted by molar-refractivity contribution is 0.0935. The second-order valence-electron chi connectivity index (χ2n) is 5.99. The topological polar surface area (TPSA) is 79.4 Å². The summed E-state index contributed by atoms with van der Waals surface area (Å²) in [5.41, 5.74) is 1.03. The average molecular weight is 430 g/mol. The molecule has 9 heteroatoms.